The van der Waals surface area contributed by atoms with Crippen LogP contribution in [0.15, 0.2) is 47.6 Å². The van der Waals surface area contributed by atoms with Crippen molar-refractivity contribution in [3.8, 4) is 11.5 Å². The summed E-state index contributed by atoms with van der Waals surface area (Å²) >= 11 is 6.17. The molecule has 6 nitrogen and oxygen atoms in total. The molecule has 1 aliphatic rings. The highest BCUT2D eigenvalue weighted by Crippen LogP contribution is 2.27. The largest absolute Gasteiger partial charge is 0.493 e. The SMILES string of the molecule is COc1ccc(CCNC(=O)C2CC(c3ccccc3Cl)=NO2)cc1OC. The first kappa shape index (κ1) is 19.0. The summed E-state index contributed by atoms with van der Waals surface area (Å²) in [5, 5.41) is 7.49. The number of nitrogens with zero attached hydrogens (tertiary/aromatic N) is 1. The van der Waals surface area contributed by atoms with Gasteiger partial charge in [0.05, 0.1) is 19.9 Å². The van der Waals surface area contributed by atoms with Crippen LogP contribution in [0.5, 0.6) is 11.5 Å². The van der Waals surface area contributed by atoms with Crippen LogP contribution in [0.1, 0.15) is 17.5 Å². The lowest BCUT2D eigenvalue weighted by molar-refractivity contribution is -0.131. The summed E-state index contributed by atoms with van der Waals surface area (Å²) in [7, 11) is 3.19. The van der Waals surface area contributed by atoms with Crippen LogP contribution in [0.3, 0.4) is 0 Å². The van der Waals surface area contributed by atoms with Gasteiger partial charge in [0.1, 0.15) is 0 Å². The van der Waals surface area contributed by atoms with Crippen molar-refractivity contribution in [3.05, 3.63) is 58.6 Å². The molecule has 0 bridgehead atoms. The van der Waals surface area contributed by atoms with Crippen molar-refractivity contribution >= 4 is 23.2 Å². The first-order valence-electron chi connectivity index (χ1n) is 8.58. The van der Waals surface area contributed by atoms with Crippen molar-refractivity contribution < 1.29 is 19.1 Å². The highest BCUT2D eigenvalue weighted by molar-refractivity contribution is 6.34. The topological polar surface area (TPSA) is 69.2 Å². The fourth-order valence-corrected chi connectivity index (χ4v) is 3.10. The standard InChI is InChI=1S/C20H21ClN2O4/c1-25-17-8-7-13(11-18(17)26-2)9-10-22-20(24)19-12-16(23-27-19)14-5-3-4-6-15(14)21/h3-8,11,19H,9-10,12H2,1-2H3,(H,22,24). The average molecular weight is 389 g/mol. The van der Waals surface area contributed by atoms with Gasteiger partial charge in [-0.25, -0.2) is 0 Å². The summed E-state index contributed by atoms with van der Waals surface area (Å²) in [5.74, 6) is 1.15. The highest BCUT2D eigenvalue weighted by atomic mass is 35.5. The molecular weight excluding hydrogens is 368 g/mol. The number of hydrogen-bond donors (Lipinski definition) is 1. The van der Waals surface area contributed by atoms with Crippen molar-refractivity contribution in [1.29, 1.82) is 0 Å². The number of methoxy groups -OCH3 is 2. The Bertz CT molecular complexity index is 854. The van der Waals surface area contributed by atoms with Gasteiger partial charge in [-0.15, -0.1) is 0 Å². The maximum absolute atomic E-state index is 12.3. The number of amides is 1. The zero-order chi connectivity index (χ0) is 19.2. The van der Waals surface area contributed by atoms with Gasteiger partial charge in [0.15, 0.2) is 11.5 Å². The van der Waals surface area contributed by atoms with Crippen molar-refractivity contribution in [3.63, 3.8) is 0 Å². The van der Waals surface area contributed by atoms with Crippen LogP contribution in [0.2, 0.25) is 5.02 Å². The molecule has 1 unspecified atom stereocenters. The van der Waals surface area contributed by atoms with Crippen molar-refractivity contribution in [2.24, 2.45) is 5.16 Å². The van der Waals surface area contributed by atoms with E-state index in [1.165, 1.54) is 0 Å². The molecule has 0 saturated carbocycles. The number of oxime groups is 1. The number of halogens is 1. The number of carbonyl (C=O) groups excluding carboxylic acids is 1. The van der Waals surface area contributed by atoms with E-state index in [1.54, 1.807) is 20.3 Å². The van der Waals surface area contributed by atoms with E-state index in [0.29, 0.717) is 41.6 Å². The van der Waals surface area contributed by atoms with E-state index in [2.05, 4.69) is 10.5 Å². The summed E-state index contributed by atoms with van der Waals surface area (Å²) in [6, 6.07) is 13.1. The van der Waals surface area contributed by atoms with E-state index in [9.17, 15) is 4.79 Å². The summed E-state index contributed by atoms with van der Waals surface area (Å²) in [4.78, 5) is 17.6. The van der Waals surface area contributed by atoms with Crippen LogP contribution in [0.4, 0.5) is 0 Å². The molecule has 2 aromatic carbocycles. The van der Waals surface area contributed by atoms with Crippen LogP contribution in [-0.2, 0) is 16.1 Å². The molecule has 27 heavy (non-hydrogen) atoms. The Kier molecular flexibility index (Phi) is 6.19. The molecule has 1 N–H and O–H groups in total. The zero-order valence-electron chi connectivity index (χ0n) is 15.2. The molecule has 0 saturated heterocycles. The Balaban J connectivity index is 1.50. The van der Waals surface area contributed by atoms with Crippen LogP contribution in [-0.4, -0.2) is 38.5 Å². The fraction of sp³-hybridized carbons (Fsp3) is 0.300. The van der Waals surface area contributed by atoms with Gasteiger partial charge in [0, 0.05) is 23.6 Å². The van der Waals surface area contributed by atoms with Gasteiger partial charge in [0.2, 0.25) is 6.10 Å². The molecule has 7 heteroatoms. The molecule has 2 aromatic rings. The number of rotatable bonds is 7. The second-order valence-electron chi connectivity index (χ2n) is 6.05. The average Bonchev–Trinajstić information content (AvgIpc) is 3.18. The second-order valence-corrected chi connectivity index (χ2v) is 6.45. The first-order valence-corrected chi connectivity index (χ1v) is 8.96. The van der Waals surface area contributed by atoms with Gasteiger partial charge in [0.25, 0.3) is 5.91 Å². The smallest absolute Gasteiger partial charge is 0.264 e. The van der Waals surface area contributed by atoms with E-state index in [4.69, 9.17) is 25.9 Å². The molecule has 0 spiro atoms. The Morgan fingerprint density at radius 1 is 1.22 bits per heavy atom. The Labute approximate surface area is 163 Å². The number of nitrogens with one attached hydrogen (secondary N) is 1. The van der Waals surface area contributed by atoms with Crippen molar-refractivity contribution in [2.45, 2.75) is 18.9 Å². The van der Waals surface area contributed by atoms with Crippen LogP contribution >= 0.6 is 11.6 Å². The molecule has 0 fully saturated rings. The monoisotopic (exact) mass is 388 g/mol. The van der Waals surface area contributed by atoms with Gasteiger partial charge < -0.3 is 19.6 Å². The minimum Gasteiger partial charge on any atom is -0.493 e. The van der Waals surface area contributed by atoms with E-state index in [0.717, 1.165) is 11.1 Å². The normalized spacial score (nSPS) is 15.7. The van der Waals surface area contributed by atoms with Crippen LogP contribution in [0.25, 0.3) is 0 Å². The molecule has 3 rings (SSSR count). The summed E-state index contributed by atoms with van der Waals surface area (Å²) in [6.07, 6.45) is 0.421. The molecule has 0 aromatic heterocycles. The zero-order valence-corrected chi connectivity index (χ0v) is 16.0. The minimum atomic E-state index is -0.637. The Morgan fingerprint density at radius 3 is 2.74 bits per heavy atom. The maximum Gasteiger partial charge on any atom is 0.264 e. The molecule has 0 radical (unpaired) electrons. The third-order valence-corrected chi connectivity index (χ3v) is 4.64. The van der Waals surface area contributed by atoms with Gasteiger partial charge in [-0.05, 0) is 30.2 Å². The first-order chi connectivity index (χ1) is 13.1. The molecule has 1 heterocycles. The Hall–Kier alpha value is -2.73. The molecule has 0 aliphatic carbocycles. The lowest BCUT2D eigenvalue weighted by Crippen LogP contribution is -2.36. The number of benzene rings is 2. The number of ether oxygens (including phenoxy) is 2. The van der Waals surface area contributed by atoms with Gasteiger partial charge in [-0.1, -0.05) is 41.0 Å². The van der Waals surface area contributed by atoms with Crippen molar-refractivity contribution in [1.82, 2.24) is 5.32 Å². The summed E-state index contributed by atoms with van der Waals surface area (Å²) in [5.41, 5.74) is 2.51. The highest BCUT2D eigenvalue weighted by Gasteiger charge is 2.29. The summed E-state index contributed by atoms with van der Waals surface area (Å²) < 4.78 is 10.5. The summed E-state index contributed by atoms with van der Waals surface area (Å²) in [6.45, 7) is 0.482. The second kappa shape index (κ2) is 8.77. The number of hydrogen-bond acceptors (Lipinski definition) is 5. The lowest BCUT2D eigenvalue weighted by Gasteiger charge is -2.11. The molecule has 142 valence electrons. The predicted octanol–water partition coefficient (Wildman–Crippen LogP) is 3.21. The molecule has 1 aliphatic heterocycles. The third kappa shape index (κ3) is 4.52. The third-order valence-electron chi connectivity index (χ3n) is 4.31. The van der Waals surface area contributed by atoms with Crippen LogP contribution in [0, 0.1) is 0 Å². The van der Waals surface area contributed by atoms with Gasteiger partial charge in [-0.3, -0.25) is 4.79 Å². The minimum absolute atomic E-state index is 0.193. The predicted molar refractivity (Wildman–Crippen MR) is 104 cm³/mol. The maximum atomic E-state index is 12.3. The van der Waals surface area contributed by atoms with Gasteiger partial charge in [-0.2, -0.15) is 0 Å². The number of carbonyl (C=O) groups is 1. The molecule has 1 amide bonds. The Morgan fingerprint density at radius 2 is 2.00 bits per heavy atom. The quantitative estimate of drug-likeness (QED) is 0.790. The molecule has 1 atom stereocenters. The fourth-order valence-electron chi connectivity index (χ4n) is 2.85. The van der Waals surface area contributed by atoms with Gasteiger partial charge >= 0.3 is 0 Å². The lowest BCUT2D eigenvalue weighted by atomic mass is 10.0. The van der Waals surface area contributed by atoms with E-state index >= 15 is 0 Å². The van der Waals surface area contributed by atoms with E-state index in [1.807, 2.05) is 36.4 Å². The van der Waals surface area contributed by atoms with Crippen molar-refractivity contribution in [2.75, 3.05) is 20.8 Å². The van der Waals surface area contributed by atoms with E-state index in [-0.39, 0.29) is 5.91 Å². The molecular formula is C20H21ClN2O4. The van der Waals surface area contributed by atoms with Crippen LogP contribution < -0.4 is 14.8 Å². The van der Waals surface area contributed by atoms with E-state index < -0.39 is 6.10 Å².